The lowest BCUT2D eigenvalue weighted by Crippen LogP contribution is -2.37. The van der Waals surface area contributed by atoms with Crippen LogP contribution in [0.1, 0.15) is 59.6 Å². The zero-order valence-electron chi connectivity index (χ0n) is 16.2. The number of rotatable bonds is 5. The van der Waals surface area contributed by atoms with E-state index in [1.54, 1.807) is 12.3 Å². The standard InChI is InChI=1S/C21H28N2O4/c1-16-13-19(17(2)23(16)14-18-9-8-12-26-18)21(25)27-15-20(24)22-10-6-4-3-5-7-11-22/h8-9,12-13H,3-7,10-11,14-15H2,1-2H3. The van der Waals surface area contributed by atoms with Gasteiger partial charge in [0.1, 0.15) is 5.76 Å². The van der Waals surface area contributed by atoms with Gasteiger partial charge in [0.25, 0.3) is 5.91 Å². The van der Waals surface area contributed by atoms with Crippen LogP contribution in [-0.2, 0) is 16.1 Å². The third-order valence-electron chi connectivity index (χ3n) is 5.22. The average molecular weight is 372 g/mol. The summed E-state index contributed by atoms with van der Waals surface area (Å²) in [4.78, 5) is 26.7. The molecule has 1 saturated heterocycles. The highest BCUT2D eigenvalue weighted by Gasteiger charge is 2.21. The molecule has 2 aromatic rings. The summed E-state index contributed by atoms with van der Waals surface area (Å²) in [5.41, 5.74) is 2.26. The normalized spacial score (nSPS) is 15.3. The van der Waals surface area contributed by atoms with Gasteiger partial charge in [0.05, 0.1) is 18.4 Å². The summed E-state index contributed by atoms with van der Waals surface area (Å²) in [7, 11) is 0. The van der Waals surface area contributed by atoms with Crippen LogP contribution in [-0.4, -0.2) is 41.0 Å². The fraction of sp³-hybridized carbons (Fsp3) is 0.524. The number of esters is 1. The van der Waals surface area contributed by atoms with E-state index >= 15 is 0 Å². The van der Waals surface area contributed by atoms with Crippen LogP contribution in [0.25, 0.3) is 0 Å². The maximum absolute atomic E-state index is 12.5. The summed E-state index contributed by atoms with van der Waals surface area (Å²) in [6, 6.07) is 5.55. The number of amides is 1. The summed E-state index contributed by atoms with van der Waals surface area (Å²) >= 11 is 0. The number of aromatic nitrogens is 1. The second kappa shape index (κ2) is 8.93. The smallest absolute Gasteiger partial charge is 0.340 e. The van der Waals surface area contributed by atoms with Crippen molar-refractivity contribution in [2.75, 3.05) is 19.7 Å². The molecule has 0 bridgehead atoms. The van der Waals surface area contributed by atoms with E-state index in [0.29, 0.717) is 12.1 Å². The summed E-state index contributed by atoms with van der Waals surface area (Å²) in [5.74, 6) is 0.271. The lowest BCUT2D eigenvalue weighted by atomic mass is 10.1. The second-order valence-electron chi connectivity index (χ2n) is 7.17. The molecule has 0 spiro atoms. The van der Waals surface area contributed by atoms with Gasteiger partial charge in [0.2, 0.25) is 0 Å². The Morgan fingerprint density at radius 2 is 1.81 bits per heavy atom. The molecule has 0 unspecified atom stereocenters. The third-order valence-corrected chi connectivity index (χ3v) is 5.22. The first kappa shape index (κ1) is 19.3. The predicted octanol–water partition coefficient (Wildman–Crippen LogP) is 3.70. The minimum atomic E-state index is -0.450. The Morgan fingerprint density at radius 1 is 1.11 bits per heavy atom. The van der Waals surface area contributed by atoms with Crippen LogP contribution in [0.15, 0.2) is 28.9 Å². The van der Waals surface area contributed by atoms with Crippen molar-refractivity contribution < 1.29 is 18.7 Å². The van der Waals surface area contributed by atoms with Crippen LogP contribution in [0.4, 0.5) is 0 Å². The Kier molecular flexibility index (Phi) is 6.37. The zero-order valence-corrected chi connectivity index (χ0v) is 16.2. The number of carbonyl (C=O) groups is 2. The molecular formula is C21H28N2O4. The van der Waals surface area contributed by atoms with Gasteiger partial charge in [-0.05, 0) is 44.9 Å². The molecule has 1 aliphatic rings. The van der Waals surface area contributed by atoms with Gasteiger partial charge in [-0.2, -0.15) is 0 Å². The number of hydrogen-bond acceptors (Lipinski definition) is 4. The van der Waals surface area contributed by atoms with Crippen LogP contribution >= 0.6 is 0 Å². The molecule has 1 fully saturated rings. The number of likely N-dealkylation sites (tertiary alicyclic amines) is 1. The van der Waals surface area contributed by atoms with Crippen LogP contribution in [0, 0.1) is 13.8 Å². The lowest BCUT2D eigenvalue weighted by molar-refractivity contribution is -0.134. The largest absolute Gasteiger partial charge is 0.467 e. The zero-order chi connectivity index (χ0) is 19.2. The predicted molar refractivity (Wildman–Crippen MR) is 102 cm³/mol. The van der Waals surface area contributed by atoms with Gasteiger partial charge in [0, 0.05) is 24.5 Å². The molecule has 27 heavy (non-hydrogen) atoms. The minimum Gasteiger partial charge on any atom is -0.467 e. The third kappa shape index (κ3) is 4.81. The van der Waals surface area contributed by atoms with Crippen LogP contribution < -0.4 is 0 Å². The molecule has 0 aromatic carbocycles. The monoisotopic (exact) mass is 372 g/mol. The van der Waals surface area contributed by atoms with Crippen molar-refractivity contribution in [3.63, 3.8) is 0 Å². The highest BCUT2D eigenvalue weighted by molar-refractivity contribution is 5.92. The maximum Gasteiger partial charge on any atom is 0.340 e. The van der Waals surface area contributed by atoms with E-state index in [2.05, 4.69) is 0 Å². The van der Waals surface area contributed by atoms with Crippen LogP contribution in [0.2, 0.25) is 0 Å². The molecule has 0 radical (unpaired) electrons. The number of carbonyl (C=O) groups excluding carboxylic acids is 2. The molecule has 146 valence electrons. The van der Waals surface area contributed by atoms with Crippen molar-refractivity contribution in [1.29, 1.82) is 0 Å². The summed E-state index contributed by atoms with van der Waals surface area (Å²) in [5, 5.41) is 0. The van der Waals surface area contributed by atoms with E-state index in [-0.39, 0.29) is 12.5 Å². The van der Waals surface area contributed by atoms with E-state index in [0.717, 1.165) is 55.9 Å². The first-order chi connectivity index (χ1) is 13.1. The van der Waals surface area contributed by atoms with E-state index in [1.807, 2.05) is 35.4 Å². The number of ether oxygens (including phenoxy) is 1. The van der Waals surface area contributed by atoms with Gasteiger partial charge in [-0.1, -0.05) is 19.3 Å². The first-order valence-electron chi connectivity index (χ1n) is 9.70. The Morgan fingerprint density at radius 3 is 2.48 bits per heavy atom. The van der Waals surface area contributed by atoms with Gasteiger partial charge < -0.3 is 18.6 Å². The molecule has 2 aromatic heterocycles. The van der Waals surface area contributed by atoms with Crippen molar-refractivity contribution in [2.24, 2.45) is 0 Å². The number of nitrogens with zero attached hydrogens (tertiary/aromatic N) is 2. The Balaban J connectivity index is 1.60. The molecule has 3 rings (SSSR count). The number of furan rings is 1. The molecule has 0 N–H and O–H groups in total. The number of aryl methyl sites for hydroxylation is 1. The van der Waals surface area contributed by atoms with E-state index in [9.17, 15) is 9.59 Å². The first-order valence-corrected chi connectivity index (χ1v) is 9.70. The Labute approximate surface area is 160 Å². The average Bonchev–Trinajstić information content (AvgIpc) is 3.23. The lowest BCUT2D eigenvalue weighted by Gasteiger charge is -2.24. The molecule has 1 amide bonds. The van der Waals surface area contributed by atoms with Crippen molar-refractivity contribution in [2.45, 2.75) is 52.5 Å². The van der Waals surface area contributed by atoms with Gasteiger partial charge in [-0.3, -0.25) is 4.79 Å². The molecule has 0 saturated carbocycles. The van der Waals surface area contributed by atoms with Crippen molar-refractivity contribution >= 4 is 11.9 Å². The molecule has 3 heterocycles. The fourth-order valence-electron chi connectivity index (χ4n) is 3.60. The topological polar surface area (TPSA) is 64.7 Å². The molecule has 0 atom stereocenters. The molecular weight excluding hydrogens is 344 g/mol. The number of hydrogen-bond donors (Lipinski definition) is 0. The van der Waals surface area contributed by atoms with Crippen molar-refractivity contribution in [3.05, 3.63) is 47.2 Å². The SMILES string of the molecule is Cc1cc(C(=O)OCC(=O)N2CCCCCCC2)c(C)n1Cc1ccco1. The highest BCUT2D eigenvalue weighted by Crippen LogP contribution is 2.18. The van der Waals surface area contributed by atoms with Crippen molar-refractivity contribution in [1.82, 2.24) is 9.47 Å². The van der Waals surface area contributed by atoms with Gasteiger partial charge in [0.15, 0.2) is 6.61 Å². The van der Waals surface area contributed by atoms with E-state index in [4.69, 9.17) is 9.15 Å². The Bertz CT molecular complexity index is 768. The van der Waals surface area contributed by atoms with Gasteiger partial charge >= 0.3 is 5.97 Å². The Hall–Kier alpha value is -2.50. The van der Waals surface area contributed by atoms with E-state index < -0.39 is 5.97 Å². The fourth-order valence-corrected chi connectivity index (χ4v) is 3.60. The van der Waals surface area contributed by atoms with Crippen LogP contribution in [0.3, 0.4) is 0 Å². The van der Waals surface area contributed by atoms with Crippen LogP contribution in [0.5, 0.6) is 0 Å². The molecule has 6 heteroatoms. The molecule has 1 aliphatic heterocycles. The molecule has 6 nitrogen and oxygen atoms in total. The highest BCUT2D eigenvalue weighted by atomic mass is 16.5. The van der Waals surface area contributed by atoms with Gasteiger partial charge in [-0.15, -0.1) is 0 Å². The van der Waals surface area contributed by atoms with Gasteiger partial charge in [-0.25, -0.2) is 4.79 Å². The summed E-state index contributed by atoms with van der Waals surface area (Å²) < 4.78 is 12.7. The quantitative estimate of drug-likeness (QED) is 0.751. The maximum atomic E-state index is 12.5. The molecule has 0 aliphatic carbocycles. The van der Waals surface area contributed by atoms with Crippen molar-refractivity contribution in [3.8, 4) is 0 Å². The second-order valence-corrected chi connectivity index (χ2v) is 7.17. The minimum absolute atomic E-state index is 0.102. The summed E-state index contributed by atoms with van der Waals surface area (Å²) in [6.45, 7) is 5.71. The summed E-state index contributed by atoms with van der Waals surface area (Å²) in [6.07, 6.45) is 7.23. The van der Waals surface area contributed by atoms with E-state index in [1.165, 1.54) is 6.42 Å².